The fourth-order valence-corrected chi connectivity index (χ4v) is 2.02. The van der Waals surface area contributed by atoms with Crippen molar-refractivity contribution in [2.45, 2.75) is 11.7 Å². The number of halogens is 4. The van der Waals surface area contributed by atoms with Gasteiger partial charge in [0.2, 0.25) is 0 Å². The molecule has 0 aliphatic carbocycles. The Hall–Kier alpha value is -0.790. The van der Waals surface area contributed by atoms with Crippen molar-refractivity contribution in [3.05, 3.63) is 35.4 Å². The van der Waals surface area contributed by atoms with Crippen LogP contribution >= 0.6 is 11.6 Å². The lowest BCUT2D eigenvalue weighted by Crippen LogP contribution is -2.08. The molecule has 0 N–H and O–H groups in total. The molecular formula is C9H8ClF3O3S. The highest BCUT2D eigenvalue weighted by Gasteiger charge is 2.31. The van der Waals surface area contributed by atoms with Crippen molar-refractivity contribution in [1.29, 1.82) is 0 Å². The lowest BCUT2D eigenvalue weighted by atomic mass is 10.1. The molecule has 1 rings (SSSR count). The highest BCUT2D eigenvalue weighted by atomic mass is 35.5. The summed E-state index contributed by atoms with van der Waals surface area (Å²) in [6, 6.07) is 3.97. The van der Waals surface area contributed by atoms with Gasteiger partial charge in [-0.25, -0.2) is 4.18 Å². The van der Waals surface area contributed by atoms with E-state index in [1.807, 2.05) is 0 Å². The standard InChI is InChI=1S/C9H8ClF3O3S/c1-17(14,15)16-8(10)6-3-2-4-7(5-6)9(11,12)13/h2-5,8H,1H3. The Bertz CT molecular complexity index is 498. The van der Waals surface area contributed by atoms with Crippen LogP contribution in [0.5, 0.6) is 0 Å². The molecule has 0 fully saturated rings. The number of alkyl halides is 4. The minimum Gasteiger partial charge on any atom is -0.246 e. The third-order valence-corrected chi connectivity index (χ3v) is 2.72. The van der Waals surface area contributed by atoms with Crippen LogP contribution in [0.3, 0.4) is 0 Å². The fraction of sp³-hybridized carbons (Fsp3) is 0.333. The second-order valence-corrected chi connectivity index (χ2v) is 5.24. The van der Waals surface area contributed by atoms with Crippen LogP contribution in [0.1, 0.15) is 16.7 Å². The molecule has 0 radical (unpaired) electrons. The molecular weight excluding hydrogens is 281 g/mol. The van der Waals surface area contributed by atoms with E-state index in [1.165, 1.54) is 6.07 Å². The minimum atomic E-state index is -4.52. The van der Waals surface area contributed by atoms with Crippen molar-refractivity contribution >= 4 is 21.7 Å². The van der Waals surface area contributed by atoms with Crippen molar-refractivity contribution in [3.8, 4) is 0 Å². The van der Waals surface area contributed by atoms with Gasteiger partial charge in [0.1, 0.15) is 0 Å². The van der Waals surface area contributed by atoms with Gasteiger partial charge >= 0.3 is 6.18 Å². The molecule has 0 spiro atoms. The lowest BCUT2D eigenvalue weighted by molar-refractivity contribution is -0.137. The van der Waals surface area contributed by atoms with Crippen molar-refractivity contribution in [3.63, 3.8) is 0 Å². The Morgan fingerprint density at radius 3 is 2.41 bits per heavy atom. The predicted octanol–water partition coefficient (Wildman–Crippen LogP) is 2.92. The van der Waals surface area contributed by atoms with E-state index < -0.39 is 27.4 Å². The zero-order valence-electron chi connectivity index (χ0n) is 8.53. The molecule has 0 aliphatic heterocycles. The summed E-state index contributed by atoms with van der Waals surface area (Å²) in [5.74, 6) is 0. The molecule has 96 valence electrons. The number of hydrogen-bond donors (Lipinski definition) is 0. The SMILES string of the molecule is CS(=O)(=O)OC(Cl)c1cccc(C(F)(F)F)c1. The van der Waals surface area contributed by atoms with Gasteiger partial charge in [0.25, 0.3) is 10.1 Å². The lowest BCUT2D eigenvalue weighted by Gasteiger charge is -2.12. The predicted molar refractivity (Wildman–Crippen MR) is 56.0 cm³/mol. The van der Waals surface area contributed by atoms with Crippen LogP contribution in [0.4, 0.5) is 13.2 Å². The van der Waals surface area contributed by atoms with E-state index in [0.717, 1.165) is 24.5 Å². The van der Waals surface area contributed by atoms with E-state index in [0.29, 0.717) is 0 Å². The maximum absolute atomic E-state index is 12.4. The normalized spacial score (nSPS) is 14.6. The summed E-state index contributed by atoms with van der Waals surface area (Å²) in [6.07, 6.45) is -3.76. The molecule has 0 bridgehead atoms. The van der Waals surface area contributed by atoms with Crippen LogP contribution in [-0.2, 0) is 20.5 Å². The van der Waals surface area contributed by atoms with Gasteiger partial charge in [-0.1, -0.05) is 23.7 Å². The van der Waals surface area contributed by atoms with Crippen LogP contribution in [-0.4, -0.2) is 14.7 Å². The topological polar surface area (TPSA) is 43.4 Å². The van der Waals surface area contributed by atoms with Gasteiger partial charge in [-0.3, -0.25) is 0 Å². The van der Waals surface area contributed by atoms with E-state index in [9.17, 15) is 21.6 Å². The largest absolute Gasteiger partial charge is 0.416 e. The highest BCUT2D eigenvalue weighted by molar-refractivity contribution is 7.86. The quantitative estimate of drug-likeness (QED) is 0.634. The first-order chi connectivity index (χ1) is 7.59. The Morgan fingerprint density at radius 1 is 1.35 bits per heavy atom. The molecule has 8 heteroatoms. The average molecular weight is 289 g/mol. The first kappa shape index (κ1) is 14.3. The van der Waals surface area contributed by atoms with Gasteiger partial charge in [-0.2, -0.15) is 21.6 Å². The maximum atomic E-state index is 12.4. The van der Waals surface area contributed by atoms with Gasteiger partial charge in [-0.15, -0.1) is 0 Å². The smallest absolute Gasteiger partial charge is 0.246 e. The highest BCUT2D eigenvalue weighted by Crippen LogP contribution is 2.32. The Kier molecular flexibility index (Phi) is 4.06. The maximum Gasteiger partial charge on any atom is 0.416 e. The van der Waals surface area contributed by atoms with E-state index in [2.05, 4.69) is 4.18 Å². The Morgan fingerprint density at radius 2 is 1.94 bits per heavy atom. The van der Waals surface area contributed by atoms with E-state index in [4.69, 9.17) is 11.6 Å². The third kappa shape index (κ3) is 4.53. The van der Waals surface area contributed by atoms with Crippen LogP contribution in [0.2, 0.25) is 0 Å². The van der Waals surface area contributed by atoms with Gasteiger partial charge < -0.3 is 0 Å². The number of rotatable bonds is 3. The summed E-state index contributed by atoms with van der Waals surface area (Å²) < 4.78 is 63.0. The van der Waals surface area contributed by atoms with Crippen molar-refractivity contribution in [2.24, 2.45) is 0 Å². The summed E-state index contributed by atoms with van der Waals surface area (Å²) in [7, 11) is -3.83. The number of benzene rings is 1. The fourth-order valence-electron chi connectivity index (χ4n) is 1.07. The molecule has 0 aromatic heterocycles. The third-order valence-electron chi connectivity index (χ3n) is 1.74. The van der Waals surface area contributed by atoms with Crippen LogP contribution in [0, 0.1) is 0 Å². The molecule has 0 amide bonds. The number of hydrogen-bond acceptors (Lipinski definition) is 3. The zero-order chi connectivity index (χ0) is 13.3. The molecule has 0 saturated heterocycles. The monoisotopic (exact) mass is 288 g/mol. The summed E-state index contributed by atoms with van der Waals surface area (Å²) in [4.78, 5) is 0. The average Bonchev–Trinajstić information content (AvgIpc) is 2.14. The van der Waals surface area contributed by atoms with Crippen molar-refractivity contribution in [2.75, 3.05) is 6.26 Å². The van der Waals surface area contributed by atoms with Crippen molar-refractivity contribution < 1.29 is 25.8 Å². The van der Waals surface area contributed by atoms with Crippen LogP contribution < -0.4 is 0 Å². The minimum absolute atomic E-state index is 0.0769. The second kappa shape index (κ2) is 4.83. The molecule has 1 aromatic carbocycles. The Labute approximate surface area is 101 Å². The molecule has 1 atom stereocenters. The van der Waals surface area contributed by atoms with E-state index >= 15 is 0 Å². The van der Waals surface area contributed by atoms with Gasteiger partial charge in [0, 0.05) is 0 Å². The molecule has 0 heterocycles. The molecule has 3 nitrogen and oxygen atoms in total. The second-order valence-electron chi connectivity index (χ2n) is 3.24. The summed E-state index contributed by atoms with van der Waals surface area (Å²) in [5.41, 5.74) is -2.48. The van der Waals surface area contributed by atoms with Crippen LogP contribution in [0.15, 0.2) is 24.3 Å². The Balaban J connectivity index is 3.00. The molecule has 0 aliphatic rings. The van der Waals surface area contributed by atoms with Gasteiger partial charge in [0.15, 0.2) is 5.56 Å². The van der Waals surface area contributed by atoms with Crippen LogP contribution in [0.25, 0.3) is 0 Å². The summed E-state index contributed by atoms with van der Waals surface area (Å²) >= 11 is 5.54. The molecule has 1 aromatic rings. The van der Waals surface area contributed by atoms with Crippen molar-refractivity contribution in [1.82, 2.24) is 0 Å². The van der Waals surface area contributed by atoms with E-state index in [-0.39, 0.29) is 5.56 Å². The first-order valence-electron chi connectivity index (χ1n) is 4.29. The molecule has 0 saturated carbocycles. The zero-order valence-corrected chi connectivity index (χ0v) is 10.1. The van der Waals surface area contributed by atoms with Gasteiger partial charge in [0.05, 0.1) is 11.8 Å². The first-order valence-corrected chi connectivity index (χ1v) is 6.54. The molecule has 17 heavy (non-hydrogen) atoms. The molecule has 1 unspecified atom stereocenters. The van der Waals surface area contributed by atoms with Gasteiger partial charge in [-0.05, 0) is 17.7 Å². The summed E-state index contributed by atoms with van der Waals surface area (Å²) in [6.45, 7) is 0. The van der Waals surface area contributed by atoms with E-state index in [1.54, 1.807) is 0 Å². The summed E-state index contributed by atoms with van der Waals surface area (Å²) in [5, 5.41) is 0.